The lowest BCUT2D eigenvalue weighted by Crippen LogP contribution is -2.57. The second kappa shape index (κ2) is 6.39. The molecule has 0 spiro atoms. The van der Waals surface area contributed by atoms with E-state index in [-0.39, 0.29) is 5.54 Å². The van der Waals surface area contributed by atoms with Crippen LogP contribution < -0.4 is 10.2 Å². The normalized spacial score (nSPS) is 17.8. The van der Waals surface area contributed by atoms with Gasteiger partial charge >= 0.3 is 6.18 Å². The van der Waals surface area contributed by atoms with E-state index < -0.39 is 11.7 Å². The zero-order valence-corrected chi connectivity index (χ0v) is 13.9. The average Bonchev–Trinajstić information content (AvgIpc) is 2.94. The summed E-state index contributed by atoms with van der Waals surface area (Å²) in [5.74, 6) is 0. The lowest BCUT2D eigenvalue weighted by atomic mass is 10.0. The minimum absolute atomic E-state index is 0.135. The van der Waals surface area contributed by atoms with E-state index >= 15 is 0 Å². The fourth-order valence-corrected chi connectivity index (χ4v) is 2.77. The molecule has 1 N–H and O–H groups in total. The Morgan fingerprint density at radius 2 is 1.96 bits per heavy atom. The lowest BCUT2D eigenvalue weighted by molar-refractivity contribution is -0.137. The van der Waals surface area contributed by atoms with Gasteiger partial charge in [-0.3, -0.25) is 0 Å². The Balaban J connectivity index is 0.000000924. The Bertz CT molecular complexity index is 661. The maximum absolute atomic E-state index is 13.1. The summed E-state index contributed by atoms with van der Waals surface area (Å²) in [7, 11) is 0. The van der Waals surface area contributed by atoms with E-state index in [1.165, 1.54) is 16.8 Å². The highest BCUT2D eigenvalue weighted by molar-refractivity contribution is 5.73. The van der Waals surface area contributed by atoms with E-state index in [0.717, 1.165) is 12.7 Å². The molecule has 0 radical (unpaired) electrons. The van der Waals surface area contributed by atoms with Gasteiger partial charge in [-0.25, -0.2) is 4.98 Å². The summed E-state index contributed by atoms with van der Waals surface area (Å²) in [4.78, 5) is 5.96. The summed E-state index contributed by atoms with van der Waals surface area (Å²) in [6.07, 6.45) is -0.276. The largest absolute Gasteiger partial charge is 0.417 e. The first kappa shape index (κ1) is 17.6. The van der Waals surface area contributed by atoms with Crippen LogP contribution in [0.2, 0.25) is 0 Å². The number of hydrogen-bond acceptors (Lipinski definition) is 3. The third-order valence-corrected chi connectivity index (χ3v) is 3.74. The van der Waals surface area contributed by atoms with Crippen LogP contribution in [0.5, 0.6) is 0 Å². The van der Waals surface area contributed by atoms with Gasteiger partial charge in [0.25, 0.3) is 0 Å². The van der Waals surface area contributed by atoms with E-state index in [4.69, 9.17) is 0 Å². The van der Waals surface area contributed by atoms with Crippen LogP contribution in [0.3, 0.4) is 0 Å². The van der Waals surface area contributed by atoms with Gasteiger partial charge in [0, 0.05) is 31.4 Å². The first-order valence-electron chi connectivity index (χ1n) is 7.79. The number of alkyl halides is 3. The zero-order valence-electron chi connectivity index (χ0n) is 13.9. The van der Waals surface area contributed by atoms with Crippen molar-refractivity contribution in [1.29, 1.82) is 0 Å². The number of nitrogens with one attached hydrogen (secondary N) is 1. The molecule has 1 fully saturated rings. The lowest BCUT2D eigenvalue weighted by Gasteiger charge is -2.40. The zero-order chi connectivity index (χ0) is 17.3. The molecular weight excluding hydrogens is 305 g/mol. The summed E-state index contributed by atoms with van der Waals surface area (Å²) in [6.45, 7) is 10.1. The Hall–Kier alpha value is -1.76. The highest BCUT2D eigenvalue weighted by atomic mass is 19.4. The molecule has 0 aromatic carbocycles. The Kier molecular flexibility index (Phi) is 4.89. The molecule has 3 rings (SSSR count). The molecule has 0 aliphatic carbocycles. The number of pyridine rings is 1. The van der Waals surface area contributed by atoms with Gasteiger partial charge in [0.1, 0.15) is 0 Å². The van der Waals surface area contributed by atoms with Crippen LogP contribution in [-0.2, 0) is 6.18 Å². The standard InChI is InChI=1S/C14H17F3N4.C2H6/c1-13(2)8-20(4-3-19-13)11-5-10(14(15,16)17)7-21-9-18-6-12(11)21;1-2/h5-7,9,19H,3-4,8H2,1-2H3;1-2H3. The van der Waals surface area contributed by atoms with Gasteiger partial charge in [-0.2, -0.15) is 13.2 Å². The van der Waals surface area contributed by atoms with Gasteiger partial charge in [-0.15, -0.1) is 0 Å². The molecule has 3 heterocycles. The summed E-state index contributed by atoms with van der Waals surface area (Å²) in [5.41, 5.74) is 0.487. The van der Waals surface area contributed by atoms with Crippen molar-refractivity contribution in [3.63, 3.8) is 0 Å². The van der Waals surface area contributed by atoms with Crippen LogP contribution in [0.4, 0.5) is 18.9 Å². The van der Waals surface area contributed by atoms with Crippen LogP contribution in [0, 0.1) is 0 Å². The molecule has 23 heavy (non-hydrogen) atoms. The van der Waals surface area contributed by atoms with Crippen molar-refractivity contribution in [2.45, 2.75) is 39.4 Å². The van der Waals surface area contributed by atoms with Gasteiger partial charge in [-0.1, -0.05) is 13.8 Å². The minimum Gasteiger partial charge on any atom is -0.367 e. The second-order valence-electron chi connectivity index (χ2n) is 6.03. The van der Waals surface area contributed by atoms with Crippen molar-refractivity contribution in [3.05, 3.63) is 30.4 Å². The topological polar surface area (TPSA) is 32.6 Å². The van der Waals surface area contributed by atoms with E-state index in [1.807, 2.05) is 32.6 Å². The number of rotatable bonds is 1. The van der Waals surface area contributed by atoms with Crippen molar-refractivity contribution in [2.24, 2.45) is 0 Å². The predicted molar refractivity (Wildman–Crippen MR) is 85.8 cm³/mol. The number of anilines is 1. The fraction of sp³-hybridized carbons (Fsp3) is 0.562. The first-order valence-corrected chi connectivity index (χ1v) is 7.79. The summed E-state index contributed by atoms with van der Waals surface area (Å²) < 4.78 is 40.6. The number of fused-ring (bicyclic) bond motifs is 1. The van der Waals surface area contributed by atoms with E-state index in [0.29, 0.717) is 24.3 Å². The third-order valence-electron chi connectivity index (χ3n) is 3.74. The highest BCUT2D eigenvalue weighted by Crippen LogP contribution is 2.34. The molecule has 0 unspecified atom stereocenters. The Labute approximate surface area is 134 Å². The molecule has 7 heteroatoms. The number of nitrogens with zero attached hydrogens (tertiary/aromatic N) is 3. The number of hydrogen-bond donors (Lipinski definition) is 1. The molecule has 4 nitrogen and oxygen atoms in total. The molecular formula is C16H23F3N4. The van der Waals surface area contributed by atoms with Gasteiger partial charge in [-0.05, 0) is 19.9 Å². The smallest absolute Gasteiger partial charge is 0.367 e. The van der Waals surface area contributed by atoms with Crippen molar-refractivity contribution in [3.8, 4) is 0 Å². The molecule has 0 amide bonds. The van der Waals surface area contributed by atoms with Crippen LogP contribution >= 0.6 is 0 Å². The third kappa shape index (κ3) is 3.77. The molecule has 0 saturated carbocycles. The maximum Gasteiger partial charge on any atom is 0.417 e. The minimum atomic E-state index is -4.36. The summed E-state index contributed by atoms with van der Waals surface area (Å²) in [5, 5.41) is 3.36. The Morgan fingerprint density at radius 3 is 2.57 bits per heavy atom. The van der Waals surface area contributed by atoms with Crippen LogP contribution in [-0.4, -0.2) is 34.6 Å². The van der Waals surface area contributed by atoms with Crippen LogP contribution in [0.25, 0.3) is 5.52 Å². The van der Waals surface area contributed by atoms with Crippen LogP contribution in [0.15, 0.2) is 24.8 Å². The fourth-order valence-electron chi connectivity index (χ4n) is 2.77. The Morgan fingerprint density at radius 1 is 1.26 bits per heavy atom. The molecule has 0 bridgehead atoms. The van der Waals surface area contributed by atoms with Crippen molar-refractivity contribution in [1.82, 2.24) is 14.7 Å². The summed E-state index contributed by atoms with van der Waals surface area (Å²) in [6, 6.07) is 1.22. The van der Waals surface area contributed by atoms with Crippen LogP contribution in [0.1, 0.15) is 33.3 Å². The average molecular weight is 328 g/mol. The molecule has 2 aromatic heterocycles. The van der Waals surface area contributed by atoms with Gasteiger partial charge in [0.05, 0.1) is 29.3 Å². The number of piperazine rings is 1. The molecule has 1 saturated heterocycles. The van der Waals surface area contributed by atoms with Gasteiger partial charge < -0.3 is 14.6 Å². The monoisotopic (exact) mass is 328 g/mol. The molecule has 0 atom stereocenters. The summed E-state index contributed by atoms with van der Waals surface area (Å²) >= 11 is 0. The highest BCUT2D eigenvalue weighted by Gasteiger charge is 2.33. The van der Waals surface area contributed by atoms with Crippen molar-refractivity contribution >= 4 is 11.2 Å². The van der Waals surface area contributed by atoms with E-state index in [1.54, 1.807) is 6.20 Å². The first-order chi connectivity index (χ1) is 10.8. The van der Waals surface area contributed by atoms with Gasteiger partial charge in [0.15, 0.2) is 0 Å². The number of aromatic nitrogens is 2. The number of halogens is 3. The van der Waals surface area contributed by atoms with Crippen molar-refractivity contribution in [2.75, 3.05) is 24.5 Å². The predicted octanol–water partition coefficient (Wildman–Crippen LogP) is 3.57. The van der Waals surface area contributed by atoms with E-state index in [2.05, 4.69) is 10.3 Å². The molecule has 128 valence electrons. The van der Waals surface area contributed by atoms with Gasteiger partial charge in [0.2, 0.25) is 0 Å². The maximum atomic E-state index is 13.1. The van der Waals surface area contributed by atoms with E-state index in [9.17, 15) is 13.2 Å². The SMILES string of the molecule is CC.CC1(C)CN(c2cc(C(F)(F)F)cn3cncc23)CCN1. The number of imidazole rings is 1. The molecule has 1 aliphatic rings. The molecule has 1 aliphatic heterocycles. The van der Waals surface area contributed by atoms with Crippen molar-refractivity contribution < 1.29 is 13.2 Å². The quantitative estimate of drug-likeness (QED) is 0.869. The molecule has 2 aromatic rings. The second-order valence-corrected chi connectivity index (χ2v) is 6.03.